The second kappa shape index (κ2) is 8.54. The third kappa shape index (κ3) is 4.28. The third-order valence-electron chi connectivity index (χ3n) is 5.41. The largest absolute Gasteiger partial charge is 0.488 e. The van der Waals surface area contributed by atoms with E-state index in [1.165, 1.54) is 5.56 Å². The minimum atomic E-state index is 0.519. The smallest absolute Gasteiger partial charge is 0.167 e. The van der Waals surface area contributed by atoms with Gasteiger partial charge in [-0.05, 0) is 33.3 Å². The molecule has 0 fully saturated rings. The molecule has 0 spiro atoms. The fraction of sp³-hybridized carbons (Fsp3) is 0.231. The number of pyridine rings is 1. The van der Waals surface area contributed by atoms with Gasteiger partial charge in [-0.25, -0.2) is 0 Å². The lowest BCUT2D eigenvalue weighted by molar-refractivity contribution is 0.300. The number of rotatable bonds is 6. The van der Waals surface area contributed by atoms with Gasteiger partial charge in [0.1, 0.15) is 12.4 Å². The van der Waals surface area contributed by atoms with E-state index in [2.05, 4.69) is 55.4 Å². The molecule has 0 aliphatic rings. The van der Waals surface area contributed by atoms with Crippen LogP contribution >= 0.6 is 0 Å². The summed E-state index contributed by atoms with van der Waals surface area (Å²) in [6.07, 6.45) is 0.611. The zero-order chi connectivity index (χ0) is 21.1. The van der Waals surface area contributed by atoms with Crippen molar-refractivity contribution in [3.05, 3.63) is 100.0 Å². The van der Waals surface area contributed by atoms with E-state index >= 15 is 0 Å². The quantitative estimate of drug-likeness (QED) is 0.391. The van der Waals surface area contributed by atoms with Crippen molar-refractivity contribution in [2.45, 2.75) is 40.7 Å². The molecule has 0 atom stereocenters. The molecule has 0 aliphatic heterocycles. The van der Waals surface area contributed by atoms with Gasteiger partial charge in [-0.2, -0.15) is 0 Å². The number of hydrogen-bond acceptors (Lipinski definition) is 4. The van der Waals surface area contributed by atoms with Crippen LogP contribution in [0.1, 0.15) is 39.3 Å². The van der Waals surface area contributed by atoms with Crippen molar-refractivity contribution >= 4 is 0 Å². The van der Waals surface area contributed by atoms with Crippen LogP contribution in [0.4, 0.5) is 0 Å². The molecule has 4 nitrogen and oxygen atoms in total. The second-order valence-corrected chi connectivity index (χ2v) is 7.71. The molecule has 2 aromatic heterocycles. The van der Waals surface area contributed by atoms with Crippen LogP contribution < -0.4 is 4.74 Å². The van der Waals surface area contributed by atoms with Crippen LogP contribution in [0.3, 0.4) is 0 Å². The second-order valence-electron chi connectivity index (χ2n) is 7.71. The van der Waals surface area contributed by atoms with Crippen molar-refractivity contribution in [1.82, 2.24) is 10.1 Å². The Morgan fingerprint density at radius 1 is 0.867 bits per heavy atom. The average molecular weight is 399 g/mol. The maximum atomic E-state index is 6.29. The molecule has 0 saturated carbocycles. The fourth-order valence-electron chi connectivity index (χ4n) is 3.52. The molecular formula is C26H26N2O2. The predicted molar refractivity (Wildman–Crippen MR) is 119 cm³/mol. The summed E-state index contributed by atoms with van der Waals surface area (Å²) in [4.78, 5) is 4.72. The van der Waals surface area contributed by atoms with Crippen molar-refractivity contribution in [1.29, 1.82) is 0 Å². The van der Waals surface area contributed by atoms with Gasteiger partial charge in [0.15, 0.2) is 5.76 Å². The van der Waals surface area contributed by atoms with Gasteiger partial charge < -0.3 is 9.26 Å². The van der Waals surface area contributed by atoms with Gasteiger partial charge in [0.2, 0.25) is 0 Å². The molecule has 4 rings (SSSR count). The summed E-state index contributed by atoms with van der Waals surface area (Å²) in [5.41, 5.74) is 8.30. The van der Waals surface area contributed by atoms with Gasteiger partial charge in [0.05, 0.1) is 5.69 Å². The molecule has 4 heteroatoms. The van der Waals surface area contributed by atoms with Gasteiger partial charge in [-0.15, -0.1) is 0 Å². The summed E-state index contributed by atoms with van der Waals surface area (Å²) in [6, 6.07) is 20.5. The number of benzene rings is 2. The minimum absolute atomic E-state index is 0.519. The van der Waals surface area contributed by atoms with Gasteiger partial charge in [-0.1, -0.05) is 65.3 Å². The number of nitrogens with zero attached hydrogens (tertiary/aromatic N) is 2. The van der Waals surface area contributed by atoms with Crippen molar-refractivity contribution in [3.63, 3.8) is 0 Å². The van der Waals surface area contributed by atoms with Crippen LogP contribution in [0.15, 0.2) is 65.2 Å². The maximum absolute atomic E-state index is 6.29. The molecule has 0 unspecified atom stereocenters. The van der Waals surface area contributed by atoms with E-state index in [4.69, 9.17) is 14.2 Å². The summed E-state index contributed by atoms with van der Waals surface area (Å²) in [5.74, 6) is 1.66. The molecule has 0 bridgehead atoms. The van der Waals surface area contributed by atoms with Crippen molar-refractivity contribution in [2.24, 2.45) is 0 Å². The molecule has 4 aromatic rings. The van der Waals surface area contributed by atoms with E-state index in [0.29, 0.717) is 13.0 Å². The predicted octanol–water partition coefficient (Wildman–Crippen LogP) is 6.14. The zero-order valence-corrected chi connectivity index (χ0v) is 17.9. The molecule has 0 saturated heterocycles. The van der Waals surface area contributed by atoms with Crippen LogP contribution in [0.5, 0.6) is 5.75 Å². The van der Waals surface area contributed by atoms with Gasteiger partial charge >= 0.3 is 0 Å². The highest BCUT2D eigenvalue weighted by Gasteiger charge is 2.17. The van der Waals surface area contributed by atoms with Crippen molar-refractivity contribution < 1.29 is 9.26 Å². The zero-order valence-electron chi connectivity index (χ0n) is 17.9. The van der Waals surface area contributed by atoms with E-state index in [1.54, 1.807) is 0 Å². The molecule has 0 radical (unpaired) electrons. The molecule has 0 N–H and O–H groups in total. The van der Waals surface area contributed by atoms with Gasteiger partial charge in [0.25, 0.3) is 0 Å². The molecule has 2 aromatic carbocycles. The number of aromatic nitrogens is 2. The summed E-state index contributed by atoms with van der Waals surface area (Å²) >= 11 is 0. The van der Waals surface area contributed by atoms with Crippen LogP contribution in [-0.4, -0.2) is 10.1 Å². The van der Waals surface area contributed by atoms with Crippen LogP contribution in [0, 0.1) is 27.7 Å². The first-order valence-corrected chi connectivity index (χ1v) is 10.2. The molecular weight excluding hydrogens is 372 g/mol. The Labute approximate surface area is 177 Å². The summed E-state index contributed by atoms with van der Waals surface area (Å²) in [7, 11) is 0. The first kappa shape index (κ1) is 19.9. The highest BCUT2D eigenvalue weighted by atomic mass is 16.5. The fourth-order valence-corrected chi connectivity index (χ4v) is 3.52. The topological polar surface area (TPSA) is 48.2 Å². The van der Waals surface area contributed by atoms with Gasteiger partial charge in [0, 0.05) is 40.6 Å². The summed E-state index contributed by atoms with van der Waals surface area (Å²) in [5, 5.41) is 4.30. The normalized spacial score (nSPS) is 10.9. The lowest BCUT2D eigenvalue weighted by atomic mass is 10.0. The summed E-state index contributed by atoms with van der Waals surface area (Å²) in [6.45, 7) is 8.70. The Morgan fingerprint density at radius 2 is 1.60 bits per heavy atom. The van der Waals surface area contributed by atoms with E-state index in [0.717, 1.165) is 50.8 Å². The Morgan fingerprint density at radius 3 is 2.33 bits per heavy atom. The molecule has 152 valence electrons. The average Bonchev–Trinajstić information content (AvgIpc) is 3.21. The molecule has 30 heavy (non-hydrogen) atoms. The maximum Gasteiger partial charge on any atom is 0.167 e. The Balaban J connectivity index is 1.62. The van der Waals surface area contributed by atoms with Crippen molar-refractivity contribution in [3.8, 4) is 17.1 Å². The SMILES string of the molecule is Cc1ccc(-c2cc(Cc3c(C)nc(C)c(C)c3OCc3ccccc3)no2)cc1. The molecule has 0 amide bonds. The number of aryl methyl sites for hydroxylation is 3. The number of ether oxygens (including phenoxy) is 1. The first-order valence-electron chi connectivity index (χ1n) is 10.2. The van der Waals surface area contributed by atoms with E-state index < -0.39 is 0 Å². The Bertz CT molecular complexity index is 1150. The first-order chi connectivity index (χ1) is 14.5. The standard InChI is InChI=1S/C26H26N2O2/c1-17-10-12-22(13-11-17)25-15-23(28-30-25)14-24-20(4)27-19(3)18(2)26(24)29-16-21-8-6-5-7-9-21/h5-13,15H,14,16H2,1-4H3. The highest BCUT2D eigenvalue weighted by Crippen LogP contribution is 2.31. The number of hydrogen-bond donors (Lipinski definition) is 0. The summed E-state index contributed by atoms with van der Waals surface area (Å²) < 4.78 is 11.9. The Hall–Kier alpha value is -3.40. The van der Waals surface area contributed by atoms with Crippen molar-refractivity contribution in [2.75, 3.05) is 0 Å². The minimum Gasteiger partial charge on any atom is -0.488 e. The monoisotopic (exact) mass is 398 g/mol. The third-order valence-corrected chi connectivity index (χ3v) is 5.41. The van der Waals surface area contributed by atoms with Crippen LogP contribution in [-0.2, 0) is 13.0 Å². The van der Waals surface area contributed by atoms with E-state index in [9.17, 15) is 0 Å². The van der Waals surface area contributed by atoms with Crippen LogP contribution in [0.2, 0.25) is 0 Å². The lowest BCUT2D eigenvalue weighted by Gasteiger charge is -2.17. The molecule has 0 aliphatic carbocycles. The lowest BCUT2D eigenvalue weighted by Crippen LogP contribution is -2.07. The molecule has 2 heterocycles. The van der Waals surface area contributed by atoms with Gasteiger partial charge in [-0.3, -0.25) is 4.98 Å². The highest BCUT2D eigenvalue weighted by molar-refractivity contribution is 5.58. The van der Waals surface area contributed by atoms with Crippen LogP contribution in [0.25, 0.3) is 11.3 Å². The van der Waals surface area contributed by atoms with E-state index in [1.807, 2.05) is 38.1 Å². The van der Waals surface area contributed by atoms with E-state index in [-0.39, 0.29) is 0 Å². The Kier molecular flexibility index (Phi) is 5.66.